The summed E-state index contributed by atoms with van der Waals surface area (Å²) in [5, 5.41) is 10.2. The molecule has 0 aromatic carbocycles. The second-order valence-electron chi connectivity index (χ2n) is 4.08. The van der Waals surface area contributed by atoms with Gasteiger partial charge in [0.1, 0.15) is 5.82 Å². The molecule has 1 aromatic heterocycles. The van der Waals surface area contributed by atoms with Gasteiger partial charge in [-0.05, 0) is 19.4 Å². The molecule has 1 aliphatic heterocycles. The molecule has 0 bridgehead atoms. The lowest BCUT2D eigenvalue weighted by Crippen LogP contribution is -2.36. The highest BCUT2D eigenvalue weighted by molar-refractivity contribution is 6.03. The third kappa shape index (κ3) is 1.99. The van der Waals surface area contributed by atoms with E-state index in [-0.39, 0.29) is 5.91 Å². The van der Waals surface area contributed by atoms with Crippen molar-refractivity contribution in [3.8, 4) is 0 Å². The van der Waals surface area contributed by atoms with Gasteiger partial charge in [-0.1, -0.05) is 0 Å². The van der Waals surface area contributed by atoms with Crippen molar-refractivity contribution in [1.82, 2.24) is 15.1 Å². The van der Waals surface area contributed by atoms with E-state index in [0.29, 0.717) is 0 Å². The van der Waals surface area contributed by atoms with Gasteiger partial charge < -0.3 is 10.6 Å². The lowest BCUT2D eigenvalue weighted by molar-refractivity contribution is -0.112. The number of carbonyl (C=O) groups excluding carboxylic acids is 1. The van der Waals surface area contributed by atoms with Gasteiger partial charge in [0.05, 0.1) is 5.69 Å². The number of nitrogens with one attached hydrogen (secondary N) is 2. The number of amides is 1. The second kappa shape index (κ2) is 4.09. The first kappa shape index (κ1) is 10.9. The van der Waals surface area contributed by atoms with Gasteiger partial charge in [-0.2, -0.15) is 5.10 Å². The molecule has 16 heavy (non-hydrogen) atoms. The van der Waals surface area contributed by atoms with E-state index < -0.39 is 0 Å². The molecular formula is C11H16N4O. The molecule has 2 heterocycles. The second-order valence-corrected chi connectivity index (χ2v) is 4.08. The van der Waals surface area contributed by atoms with Crippen LogP contribution in [-0.2, 0) is 11.8 Å². The molecule has 0 saturated carbocycles. The molecule has 1 fully saturated rings. The Labute approximate surface area is 94.5 Å². The number of nitrogens with zero attached hydrogens (tertiary/aromatic N) is 2. The van der Waals surface area contributed by atoms with Crippen LogP contribution in [0.5, 0.6) is 0 Å². The van der Waals surface area contributed by atoms with E-state index in [9.17, 15) is 4.79 Å². The minimum Gasteiger partial charge on any atom is -0.309 e. The third-order valence-electron chi connectivity index (χ3n) is 2.79. The molecule has 5 heteroatoms. The smallest absolute Gasteiger partial charge is 0.252 e. The van der Waals surface area contributed by atoms with E-state index in [1.54, 1.807) is 4.68 Å². The highest BCUT2D eigenvalue weighted by atomic mass is 16.1. The van der Waals surface area contributed by atoms with E-state index in [4.69, 9.17) is 0 Å². The number of carbonyl (C=O) groups is 1. The van der Waals surface area contributed by atoms with Crippen LogP contribution in [0.15, 0.2) is 17.2 Å². The number of aromatic nitrogens is 2. The molecule has 1 saturated heterocycles. The number of aryl methyl sites for hydroxylation is 2. The maximum Gasteiger partial charge on any atom is 0.252 e. The maximum atomic E-state index is 11.9. The Hall–Kier alpha value is -1.62. The van der Waals surface area contributed by atoms with Crippen LogP contribution in [0, 0.1) is 6.92 Å². The Balaban J connectivity index is 2.10. The van der Waals surface area contributed by atoms with Crippen molar-refractivity contribution < 1.29 is 4.79 Å². The number of hydrogen-bond donors (Lipinski definition) is 2. The van der Waals surface area contributed by atoms with Crippen LogP contribution in [0.1, 0.15) is 12.6 Å². The normalized spacial score (nSPS) is 14.6. The number of rotatable bonds is 2. The summed E-state index contributed by atoms with van der Waals surface area (Å²) in [6.45, 7) is 5.40. The fraction of sp³-hybridized carbons (Fsp3) is 0.455. The quantitative estimate of drug-likeness (QED) is 0.717. The third-order valence-corrected chi connectivity index (χ3v) is 2.79. The van der Waals surface area contributed by atoms with E-state index >= 15 is 0 Å². The highest BCUT2D eigenvalue weighted by Gasteiger charge is 2.16. The molecule has 1 aliphatic rings. The van der Waals surface area contributed by atoms with Gasteiger partial charge in [0, 0.05) is 31.8 Å². The predicted molar refractivity (Wildman–Crippen MR) is 62.1 cm³/mol. The van der Waals surface area contributed by atoms with Gasteiger partial charge in [-0.3, -0.25) is 9.48 Å². The molecule has 0 atom stereocenters. The largest absolute Gasteiger partial charge is 0.309 e. The van der Waals surface area contributed by atoms with Crippen LogP contribution in [0.3, 0.4) is 0 Å². The van der Waals surface area contributed by atoms with Crippen molar-refractivity contribution in [3.63, 3.8) is 0 Å². The van der Waals surface area contributed by atoms with Crippen molar-refractivity contribution >= 4 is 11.7 Å². The first-order valence-electron chi connectivity index (χ1n) is 5.29. The fourth-order valence-electron chi connectivity index (χ4n) is 1.61. The van der Waals surface area contributed by atoms with Gasteiger partial charge in [0.15, 0.2) is 0 Å². The molecule has 0 spiro atoms. The van der Waals surface area contributed by atoms with Gasteiger partial charge in [0.2, 0.25) is 0 Å². The Morgan fingerprint density at radius 2 is 2.25 bits per heavy atom. The molecule has 0 radical (unpaired) electrons. The highest BCUT2D eigenvalue weighted by Crippen LogP contribution is 2.13. The first-order chi connectivity index (χ1) is 7.58. The Bertz CT molecular complexity index is 453. The molecular weight excluding hydrogens is 204 g/mol. The Morgan fingerprint density at radius 1 is 1.56 bits per heavy atom. The van der Waals surface area contributed by atoms with Crippen molar-refractivity contribution in [1.29, 1.82) is 0 Å². The first-order valence-corrected chi connectivity index (χ1v) is 5.29. The Morgan fingerprint density at radius 3 is 2.69 bits per heavy atom. The van der Waals surface area contributed by atoms with Gasteiger partial charge in [-0.25, -0.2) is 0 Å². The van der Waals surface area contributed by atoms with E-state index in [1.165, 1.54) is 5.57 Å². The molecule has 5 nitrogen and oxygen atoms in total. The van der Waals surface area contributed by atoms with Crippen LogP contribution in [0.4, 0.5) is 5.82 Å². The number of hydrogen-bond acceptors (Lipinski definition) is 3. The summed E-state index contributed by atoms with van der Waals surface area (Å²) in [6, 6.07) is 1.86. The van der Waals surface area contributed by atoms with E-state index in [1.807, 2.05) is 27.0 Å². The summed E-state index contributed by atoms with van der Waals surface area (Å²) >= 11 is 0. The van der Waals surface area contributed by atoms with Crippen LogP contribution in [-0.4, -0.2) is 28.8 Å². The van der Waals surface area contributed by atoms with Gasteiger partial charge >= 0.3 is 0 Å². The topological polar surface area (TPSA) is 59.0 Å². The Kier molecular flexibility index (Phi) is 2.78. The average molecular weight is 220 g/mol. The molecule has 0 aliphatic carbocycles. The summed E-state index contributed by atoms with van der Waals surface area (Å²) in [4.78, 5) is 11.9. The monoisotopic (exact) mass is 220 g/mol. The van der Waals surface area contributed by atoms with Gasteiger partial charge in [0.25, 0.3) is 5.91 Å². The molecule has 1 aromatic rings. The fourth-order valence-corrected chi connectivity index (χ4v) is 1.61. The van der Waals surface area contributed by atoms with Crippen molar-refractivity contribution in [2.45, 2.75) is 13.8 Å². The minimum atomic E-state index is -0.0421. The lowest BCUT2D eigenvalue weighted by atomic mass is 10.0. The summed E-state index contributed by atoms with van der Waals surface area (Å²) in [5.74, 6) is 0.689. The summed E-state index contributed by atoms with van der Waals surface area (Å²) < 4.78 is 1.67. The zero-order valence-electron chi connectivity index (χ0n) is 9.79. The van der Waals surface area contributed by atoms with Crippen LogP contribution in [0.25, 0.3) is 0 Å². The summed E-state index contributed by atoms with van der Waals surface area (Å²) in [5.41, 5.74) is 2.88. The van der Waals surface area contributed by atoms with Crippen LogP contribution in [0.2, 0.25) is 0 Å². The van der Waals surface area contributed by atoms with E-state index in [2.05, 4.69) is 15.7 Å². The SMILES string of the molecule is CC(C(=O)Nc1cc(C)nn1C)=C1CNC1. The average Bonchev–Trinajstić information content (AvgIpc) is 2.42. The van der Waals surface area contributed by atoms with Crippen molar-refractivity contribution in [2.24, 2.45) is 7.05 Å². The van der Waals surface area contributed by atoms with Crippen molar-refractivity contribution in [3.05, 3.63) is 22.9 Å². The van der Waals surface area contributed by atoms with Crippen LogP contribution < -0.4 is 10.6 Å². The standard InChI is InChI=1S/C11H16N4O/c1-7-4-10(15(3)14-7)13-11(16)8(2)9-5-12-6-9/h4,12H,5-6H2,1-3H3,(H,13,16). The number of anilines is 1. The zero-order chi connectivity index (χ0) is 11.7. The van der Waals surface area contributed by atoms with Crippen LogP contribution >= 0.6 is 0 Å². The maximum absolute atomic E-state index is 11.9. The predicted octanol–water partition coefficient (Wildman–Crippen LogP) is 0.587. The molecule has 86 valence electrons. The van der Waals surface area contributed by atoms with Gasteiger partial charge in [-0.15, -0.1) is 0 Å². The molecule has 1 amide bonds. The summed E-state index contributed by atoms with van der Waals surface area (Å²) in [6.07, 6.45) is 0. The molecule has 0 unspecified atom stereocenters. The minimum absolute atomic E-state index is 0.0421. The molecule has 2 rings (SSSR count). The van der Waals surface area contributed by atoms with E-state index in [0.717, 1.165) is 30.2 Å². The summed E-state index contributed by atoms with van der Waals surface area (Å²) in [7, 11) is 1.82. The molecule has 2 N–H and O–H groups in total. The van der Waals surface area contributed by atoms with Crippen molar-refractivity contribution in [2.75, 3.05) is 18.4 Å². The zero-order valence-corrected chi connectivity index (χ0v) is 9.79. The lowest BCUT2D eigenvalue weighted by Gasteiger charge is -2.21.